The standard InChI is InChI=1S/C13H9N3O2S/c14-12(17)10-11(8-4-2-1-3-5-8)18-13(16-10)9-6-15-7-19-9/h1-7H,(H2,14,17). The van der Waals surface area contributed by atoms with E-state index in [1.165, 1.54) is 11.3 Å². The number of rotatable bonds is 3. The molecule has 0 atom stereocenters. The predicted octanol–water partition coefficient (Wildman–Crippen LogP) is 2.56. The van der Waals surface area contributed by atoms with Crippen LogP contribution in [0.5, 0.6) is 0 Å². The molecule has 0 aliphatic rings. The van der Waals surface area contributed by atoms with E-state index < -0.39 is 5.91 Å². The number of oxazole rings is 1. The fraction of sp³-hybridized carbons (Fsp3) is 0. The van der Waals surface area contributed by atoms with E-state index in [0.717, 1.165) is 10.4 Å². The van der Waals surface area contributed by atoms with Crippen molar-refractivity contribution in [3.8, 4) is 22.1 Å². The molecule has 94 valence electrons. The molecule has 2 N–H and O–H groups in total. The lowest BCUT2D eigenvalue weighted by molar-refractivity contribution is 0.0996. The number of nitrogens with zero attached hydrogens (tertiary/aromatic N) is 2. The molecule has 2 aromatic heterocycles. The highest BCUT2D eigenvalue weighted by Crippen LogP contribution is 2.30. The van der Waals surface area contributed by atoms with Gasteiger partial charge >= 0.3 is 0 Å². The molecule has 0 bridgehead atoms. The summed E-state index contributed by atoms with van der Waals surface area (Å²) in [7, 11) is 0. The van der Waals surface area contributed by atoms with Crippen molar-refractivity contribution in [1.82, 2.24) is 9.97 Å². The Hall–Kier alpha value is -2.47. The zero-order chi connectivity index (χ0) is 13.2. The maximum atomic E-state index is 11.5. The smallest absolute Gasteiger partial charge is 0.271 e. The minimum atomic E-state index is -0.613. The lowest BCUT2D eigenvalue weighted by atomic mass is 10.1. The number of hydrogen-bond acceptors (Lipinski definition) is 5. The van der Waals surface area contributed by atoms with Crippen molar-refractivity contribution in [2.45, 2.75) is 0 Å². The van der Waals surface area contributed by atoms with Gasteiger partial charge in [0.15, 0.2) is 11.5 Å². The van der Waals surface area contributed by atoms with Crippen LogP contribution in [0.1, 0.15) is 10.5 Å². The van der Waals surface area contributed by atoms with Crippen molar-refractivity contribution >= 4 is 17.2 Å². The maximum absolute atomic E-state index is 11.5. The molecule has 0 unspecified atom stereocenters. The molecule has 19 heavy (non-hydrogen) atoms. The third-order valence-electron chi connectivity index (χ3n) is 2.54. The van der Waals surface area contributed by atoms with Gasteiger partial charge in [-0.2, -0.15) is 0 Å². The highest BCUT2D eigenvalue weighted by atomic mass is 32.1. The molecule has 1 amide bonds. The Bertz CT molecular complexity index is 705. The number of benzene rings is 1. The van der Waals surface area contributed by atoms with Gasteiger partial charge in [-0.05, 0) is 0 Å². The highest BCUT2D eigenvalue weighted by molar-refractivity contribution is 7.13. The fourth-order valence-electron chi connectivity index (χ4n) is 1.70. The predicted molar refractivity (Wildman–Crippen MR) is 71.6 cm³/mol. The Labute approximate surface area is 112 Å². The summed E-state index contributed by atoms with van der Waals surface area (Å²) >= 11 is 1.39. The molecule has 5 nitrogen and oxygen atoms in total. The highest BCUT2D eigenvalue weighted by Gasteiger charge is 2.20. The minimum absolute atomic E-state index is 0.134. The summed E-state index contributed by atoms with van der Waals surface area (Å²) in [6.07, 6.45) is 1.63. The molecule has 0 aliphatic heterocycles. The number of aromatic nitrogens is 2. The first-order valence-corrected chi connectivity index (χ1v) is 6.38. The molecule has 2 heterocycles. The Morgan fingerprint density at radius 2 is 2.05 bits per heavy atom. The van der Waals surface area contributed by atoms with Crippen molar-refractivity contribution in [3.05, 3.63) is 47.7 Å². The maximum Gasteiger partial charge on any atom is 0.271 e. The number of hydrogen-bond donors (Lipinski definition) is 1. The summed E-state index contributed by atoms with van der Waals surface area (Å²) in [4.78, 5) is 20.3. The molecule has 0 saturated heterocycles. The van der Waals surface area contributed by atoms with Crippen LogP contribution in [0.2, 0.25) is 0 Å². The van der Waals surface area contributed by atoms with Gasteiger partial charge < -0.3 is 10.2 Å². The monoisotopic (exact) mass is 271 g/mol. The average molecular weight is 271 g/mol. The number of thiazole rings is 1. The van der Waals surface area contributed by atoms with E-state index in [1.54, 1.807) is 11.7 Å². The first-order valence-electron chi connectivity index (χ1n) is 5.50. The van der Waals surface area contributed by atoms with Crippen LogP contribution in [0.4, 0.5) is 0 Å². The summed E-state index contributed by atoms with van der Waals surface area (Å²) in [5.41, 5.74) is 7.91. The fourth-order valence-corrected chi connectivity index (χ4v) is 2.24. The van der Waals surface area contributed by atoms with Crippen LogP contribution >= 0.6 is 11.3 Å². The van der Waals surface area contributed by atoms with Crippen molar-refractivity contribution < 1.29 is 9.21 Å². The lowest BCUT2D eigenvalue weighted by Gasteiger charge is -1.96. The van der Waals surface area contributed by atoms with Gasteiger partial charge in [-0.15, -0.1) is 11.3 Å². The molecular weight excluding hydrogens is 262 g/mol. The number of primary amides is 1. The molecule has 3 aromatic rings. The van der Waals surface area contributed by atoms with Crippen LogP contribution in [0.3, 0.4) is 0 Å². The first-order chi connectivity index (χ1) is 9.25. The average Bonchev–Trinajstić information content (AvgIpc) is 3.08. The van der Waals surface area contributed by atoms with Crippen LogP contribution in [-0.2, 0) is 0 Å². The summed E-state index contributed by atoms with van der Waals surface area (Å²) in [5.74, 6) is 0.130. The Kier molecular flexibility index (Phi) is 2.85. The summed E-state index contributed by atoms with van der Waals surface area (Å²) in [6.45, 7) is 0. The van der Waals surface area contributed by atoms with E-state index in [2.05, 4.69) is 9.97 Å². The third-order valence-corrected chi connectivity index (χ3v) is 3.30. The summed E-state index contributed by atoms with van der Waals surface area (Å²) < 4.78 is 5.66. The molecular formula is C13H9N3O2S. The van der Waals surface area contributed by atoms with E-state index in [1.807, 2.05) is 30.3 Å². The van der Waals surface area contributed by atoms with Crippen molar-refractivity contribution in [2.75, 3.05) is 0 Å². The number of carbonyl (C=O) groups is 1. The Morgan fingerprint density at radius 1 is 1.26 bits per heavy atom. The van der Waals surface area contributed by atoms with Gasteiger partial charge in [-0.1, -0.05) is 30.3 Å². The van der Waals surface area contributed by atoms with Crippen LogP contribution in [-0.4, -0.2) is 15.9 Å². The quantitative estimate of drug-likeness (QED) is 0.793. The van der Waals surface area contributed by atoms with Crippen LogP contribution in [0.15, 0.2) is 46.5 Å². The van der Waals surface area contributed by atoms with Crippen LogP contribution in [0.25, 0.3) is 22.1 Å². The van der Waals surface area contributed by atoms with Crippen molar-refractivity contribution in [1.29, 1.82) is 0 Å². The number of nitrogens with two attached hydrogens (primary N) is 1. The summed E-state index contributed by atoms with van der Waals surface area (Å²) in [6, 6.07) is 9.27. The van der Waals surface area contributed by atoms with Gasteiger partial charge in [-0.3, -0.25) is 9.78 Å². The number of carbonyl (C=O) groups excluding carboxylic acids is 1. The van der Waals surface area contributed by atoms with Crippen molar-refractivity contribution in [2.24, 2.45) is 5.73 Å². The van der Waals surface area contributed by atoms with E-state index in [4.69, 9.17) is 10.2 Å². The molecule has 6 heteroatoms. The SMILES string of the molecule is NC(=O)c1nc(-c2cncs2)oc1-c1ccccc1. The molecule has 1 aromatic carbocycles. The Morgan fingerprint density at radius 3 is 2.68 bits per heavy atom. The van der Waals surface area contributed by atoms with Gasteiger partial charge in [0, 0.05) is 5.56 Å². The largest absolute Gasteiger partial charge is 0.434 e. The molecule has 0 aliphatic carbocycles. The van der Waals surface area contributed by atoms with E-state index in [9.17, 15) is 4.79 Å². The van der Waals surface area contributed by atoms with Crippen molar-refractivity contribution in [3.63, 3.8) is 0 Å². The van der Waals surface area contributed by atoms with E-state index in [-0.39, 0.29) is 5.69 Å². The second-order valence-corrected chi connectivity index (χ2v) is 4.68. The summed E-state index contributed by atoms with van der Waals surface area (Å²) in [5, 5.41) is 0. The second-order valence-electron chi connectivity index (χ2n) is 3.79. The van der Waals surface area contributed by atoms with Gasteiger partial charge in [-0.25, -0.2) is 4.98 Å². The van der Waals surface area contributed by atoms with Crippen LogP contribution in [0, 0.1) is 0 Å². The van der Waals surface area contributed by atoms with Gasteiger partial charge in [0.05, 0.1) is 11.7 Å². The molecule has 0 saturated carbocycles. The van der Waals surface area contributed by atoms with E-state index in [0.29, 0.717) is 11.7 Å². The van der Waals surface area contributed by atoms with Gasteiger partial charge in [0.2, 0.25) is 5.89 Å². The Balaban J connectivity index is 2.16. The second kappa shape index (κ2) is 4.66. The van der Waals surface area contributed by atoms with E-state index >= 15 is 0 Å². The minimum Gasteiger partial charge on any atom is -0.434 e. The van der Waals surface area contributed by atoms with Gasteiger partial charge in [0.1, 0.15) is 4.88 Å². The zero-order valence-electron chi connectivity index (χ0n) is 9.74. The molecule has 0 fully saturated rings. The normalized spacial score (nSPS) is 10.5. The molecule has 0 spiro atoms. The first kappa shape index (κ1) is 11.6. The zero-order valence-corrected chi connectivity index (χ0v) is 10.6. The number of amides is 1. The van der Waals surface area contributed by atoms with Crippen LogP contribution < -0.4 is 5.73 Å². The molecule has 0 radical (unpaired) electrons. The third kappa shape index (κ3) is 2.13. The molecule has 3 rings (SSSR count). The van der Waals surface area contributed by atoms with Gasteiger partial charge in [0.25, 0.3) is 5.91 Å². The topological polar surface area (TPSA) is 82.0 Å². The lowest BCUT2D eigenvalue weighted by Crippen LogP contribution is -2.12.